The second-order valence-electron chi connectivity index (χ2n) is 7.18. The summed E-state index contributed by atoms with van der Waals surface area (Å²) in [6, 6.07) is 15.0. The van der Waals surface area contributed by atoms with Gasteiger partial charge in [-0.2, -0.15) is 0 Å². The maximum Gasteiger partial charge on any atom is 0.186 e. The van der Waals surface area contributed by atoms with Gasteiger partial charge in [0.1, 0.15) is 5.82 Å². The summed E-state index contributed by atoms with van der Waals surface area (Å²) in [4.78, 5) is 13.0. The normalized spacial score (nSPS) is 11.2. The number of rotatable bonds is 5. The summed E-state index contributed by atoms with van der Waals surface area (Å²) in [5.74, 6) is 6.42. The van der Waals surface area contributed by atoms with Gasteiger partial charge in [-0.25, -0.2) is 20.2 Å². The van der Waals surface area contributed by atoms with Crippen molar-refractivity contribution in [3.05, 3.63) is 72.3 Å². The Kier molecular flexibility index (Phi) is 5.57. The lowest BCUT2D eigenvalue weighted by Gasteiger charge is -2.20. The molecule has 0 aliphatic carbocycles. The molecule has 4 aromatic rings. The lowest BCUT2D eigenvalue weighted by Crippen LogP contribution is -2.32. The monoisotopic (exact) mass is 420 g/mol. The van der Waals surface area contributed by atoms with Crippen LogP contribution in [0.25, 0.3) is 22.2 Å². The fraction of sp³-hybridized carbons (Fsp3) is 0.136. The van der Waals surface area contributed by atoms with Gasteiger partial charge in [-0.15, -0.1) is 0 Å². The molecule has 0 aliphatic heterocycles. The summed E-state index contributed by atoms with van der Waals surface area (Å²) in [6.07, 6.45) is 3.22. The van der Waals surface area contributed by atoms with Crippen molar-refractivity contribution in [2.75, 3.05) is 24.1 Å². The number of aromatic nitrogens is 3. The van der Waals surface area contributed by atoms with E-state index in [1.54, 1.807) is 18.3 Å². The van der Waals surface area contributed by atoms with Gasteiger partial charge in [0.15, 0.2) is 11.6 Å². The van der Waals surface area contributed by atoms with E-state index in [1.807, 2.05) is 36.4 Å². The first-order chi connectivity index (χ1) is 14.4. The van der Waals surface area contributed by atoms with E-state index < -0.39 is 0 Å². The first kappa shape index (κ1) is 20.1. The molecule has 0 fully saturated rings. The molecule has 8 heteroatoms. The molecular formula is C22H22FN6P. The van der Waals surface area contributed by atoms with Crippen LogP contribution >= 0.6 is 7.92 Å². The van der Waals surface area contributed by atoms with Crippen LogP contribution in [0, 0.1) is 5.82 Å². The van der Waals surface area contributed by atoms with Crippen molar-refractivity contribution in [3.8, 4) is 11.3 Å². The zero-order valence-electron chi connectivity index (χ0n) is 16.7. The van der Waals surface area contributed by atoms with Crippen molar-refractivity contribution >= 4 is 35.8 Å². The van der Waals surface area contributed by atoms with Gasteiger partial charge in [0.05, 0.1) is 24.0 Å². The topological polar surface area (TPSA) is 94.0 Å². The number of hydrazine groups is 1. The molecule has 2 aromatic carbocycles. The summed E-state index contributed by atoms with van der Waals surface area (Å²) in [6.45, 7) is 4.53. The van der Waals surface area contributed by atoms with E-state index >= 15 is 0 Å². The highest BCUT2D eigenvalue weighted by Gasteiger charge is 2.15. The highest BCUT2D eigenvalue weighted by molar-refractivity contribution is 7.64. The van der Waals surface area contributed by atoms with Gasteiger partial charge in [-0.1, -0.05) is 26.1 Å². The molecule has 0 unspecified atom stereocenters. The predicted molar refractivity (Wildman–Crippen MR) is 122 cm³/mol. The van der Waals surface area contributed by atoms with Gasteiger partial charge in [0.2, 0.25) is 0 Å². The molecule has 0 amide bonds. The number of anilines is 2. The summed E-state index contributed by atoms with van der Waals surface area (Å²) in [5.41, 5.74) is 8.66. The van der Waals surface area contributed by atoms with E-state index in [9.17, 15) is 4.39 Å². The second-order valence-corrected chi connectivity index (χ2v) is 9.49. The summed E-state index contributed by atoms with van der Waals surface area (Å²) in [7, 11) is -0.385. The molecule has 2 heterocycles. The van der Waals surface area contributed by atoms with Crippen LogP contribution in [0.3, 0.4) is 0 Å². The number of hydrogen-bond donors (Lipinski definition) is 2. The third-order valence-corrected chi connectivity index (χ3v) is 6.13. The van der Waals surface area contributed by atoms with Crippen LogP contribution in [-0.2, 0) is 6.54 Å². The summed E-state index contributed by atoms with van der Waals surface area (Å²) in [5, 5.41) is 3.43. The Morgan fingerprint density at radius 2 is 1.90 bits per heavy atom. The van der Waals surface area contributed by atoms with Gasteiger partial charge in [0, 0.05) is 17.1 Å². The number of pyridine rings is 1. The number of nitrogens with two attached hydrogens (primary N) is 2. The predicted octanol–water partition coefficient (Wildman–Crippen LogP) is 3.66. The number of nitrogens with zero attached hydrogens (tertiary/aromatic N) is 4. The standard InChI is InChI=1S/C22H22FN6P/c1-30(2)16-6-7-17(18(23)11-16)20-12-27-21(24)22(28-20)29(25)13-14-5-8-19-15(10-14)4-3-9-26-19/h3-12H,13,25H2,1-2H3,(H2,24,27). The quantitative estimate of drug-likeness (QED) is 0.291. The molecule has 0 saturated heterocycles. The number of halogens is 1. The Hall–Kier alpha value is -3.15. The number of benzene rings is 2. The molecule has 0 radical (unpaired) electrons. The second kappa shape index (κ2) is 8.30. The molecule has 4 rings (SSSR count). The van der Waals surface area contributed by atoms with Crippen LogP contribution in [-0.4, -0.2) is 28.3 Å². The molecule has 6 nitrogen and oxygen atoms in total. The van der Waals surface area contributed by atoms with Crippen LogP contribution in [0.2, 0.25) is 0 Å². The van der Waals surface area contributed by atoms with Crippen molar-refractivity contribution in [2.24, 2.45) is 5.84 Å². The van der Waals surface area contributed by atoms with Crippen molar-refractivity contribution in [1.82, 2.24) is 15.0 Å². The third kappa shape index (κ3) is 4.08. The van der Waals surface area contributed by atoms with Crippen LogP contribution in [0.4, 0.5) is 16.0 Å². The summed E-state index contributed by atoms with van der Waals surface area (Å²) >= 11 is 0. The molecule has 0 spiro atoms. The van der Waals surface area contributed by atoms with Crippen molar-refractivity contribution < 1.29 is 4.39 Å². The molecule has 2 aromatic heterocycles. The smallest absolute Gasteiger partial charge is 0.186 e. The summed E-state index contributed by atoms with van der Waals surface area (Å²) < 4.78 is 14.7. The maximum atomic E-state index is 14.7. The minimum Gasteiger partial charge on any atom is -0.381 e. The Bertz CT molecular complexity index is 1210. The fourth-order valence-electron chi connectivity index (χ4n) is 3.21. The Morgan fingerprint density at radius 3 is 2.67 bits per heavy atom. The van der Waals surface area contributed by atoms with E-state index in [2.05, 4.69) is 28.3 Å². The largest absolute Gasteiger partial charge is 0.381 e. The van der Waals surface area contributed by atoms with Gasteiger partial charge in [-0.05, 0) is 54.5 Å². The fourth-order valence-corrected chi connectivity index (χ4v) is 3.96. The van der Waals surface area contributed by atoms with E-state index in [4.69, 9.17) is 11.6 Å². The lowest BCUT2D eigenvalue weighted by atomic mass is 10.1. The van der Waals surface area contributed by atoms with Crippen LogP contribution in [0.1, 0.15) is 5.56 Å². The van der Waals surface area contributed by atoms with Gasteiger partial charge < -0.3 is 5.73 Å². The first-order valence-electron chi connectivity index (χ1n) is 9.38. The minimum atomic E-state index is -0.385. The minimum absolute atomic E-state index is 0.186. The molecule has 0 saturated carbocycles. The van der Waals surface area contributed by atoms with Gasteiger partial charge in [0.25, 0.3) is 0 Å². The van der Waals surface area contributed by atoms with Gasteiger partial charge in [-0.3, -0.25) is 9.99 Å². The maximum absolute atomic E-state index is 14.7. The Labute approximate surface area is 175 Å². The molecule has 0 atom stereocenters. The lowest BCUT2D eigenvalue weighted by molar-refractivity contribution is 0.631. The molecular weight excluding hydrogens is 398 g/mol. The molecule has 4 N–H and O–H groups in total. The van der Waals surface area contributed by atoms with Crippen molar-refractivity contribution in [1.29, 1.82) is 0 Å². The highest BCUT2D eigenvalue weighted by atomic mass is 31.1. The van der Waals surface area contributed by atoms with Gasteiger partial charge >= 0.3 is 0 Å². The van der Waals surface area contributed by atoms with Crippen LogP contribution < -0.4 is 21.9 Å². The van der Waals surface area contributed by atoms with Crippen molar-refractivity contribution in [3.63, 3.8) is 0 Å². The average molecular weight is 420 g/mol. The van der Waals surface area contributed by atoms with E-state index in [-0.39, 0.29) is 19.6 Å². The Morgan fingerprint density at radius 1 is 1.07 bits per heavy atom. The number of hydrogen-bond acceptors (Lipinski definition) is 6. The van der Waals surface area contributed by atoms with E-state index in [0.717, 1.165) is 21.8 Å². The van der Waals surface area contributed by atoms with E-state index in [1.165, 1.54) is 11.2 Å². The third-order valence-electron chi connectivity index (χ3n) is 4.82. The molecule has 0 bridgehead atoms. The highest BCUT2D eigenvalue weighted by Crippen LogP contribution is 2.29. The average Bonchev–Trinajstić information content (AvgIpc) is 2.74. The van der Waals surface area contributed by atoms with Crippen LogP contribution in [0.15, 0.2) is 60.9 Å². The zero-order chi connectivity index (χ0) is 21.3. The molecule has 0 aliphatic rings. The Balaban J connectivity index is 1.64. The molecule has 152 valence electrons. The van der Waals surface area contributed by atoms with Crippen LogP contribution in [0.5, 0.6) is 0 Å². The number of fused-ring (bicyclic) bond motifs is 1. The molecule has 30 heavy (non-hydrogen) atoms. The van der Waals surface area contributed by atoms with Crippen molar-refractivity contribution in [2.45, 2.75) is 6.54 Å². The first-order valence-corrected chi connectivity index (χ1v) is 11.6. The van der Waals surface area contributed by atoms with E-state index in [0.29, 0.717) is 23.6 Å². The number of nitrogen functional groups attached to an aromatic ring is 1. The SMILES string of the molecule is CP(C)c1ccc(-c2cnc(N)c(N(N)Cc3ccc4ncccc4c3)n2)c(F)c1. The zero-order valence-corrected chi connectivity index (χ0v) is 17.6.